The highest BCUT2D eigenvalue weighted by atomic mass is 19.1. The summed E-state index contributed by atoms with van der Waals surface area (Å²) < 4.78 is 13.4. The van der Waals surface area contributed by atoms with Gasteiger partial charge < -0.3 is 15.1 Å². The fraction of sp³-hybridized carbons (Fsp3) is 0.263. The van der Waals surface area contributed by atoms with Gasteiger partial charge in [0.25, 0.3) is 0 Å². The maximum atomic E-state index is 13.4. The van der Waals surface area contributed by atoms with Crippen molar-refractivity contribution < 1.29 is 9.18 Å². The lowest BCUT2D eigenvalue weighted by Crippen LogP contribution is -2.50. The Morgan fingerprint density at radius 3 is 2.60 bits per heavy atom. The smallest absolute Gasteiger partial charge is 0.321 e. The standard InChI is InChI=1S/C19H19FN4O/c1-14-6-7-16(20)12-17(14)22-19(25)24-10-8-23(9-11-24)18-5-3-2-4-15(18)13-21/h2-7,12H,8-11H2,1H3,(H,22,25). The molecule has 128 valence electrons. The Balaban J connectivity index is 1.63. The number of nitrogens with zero attached hydrogens (tertiary/aromatic N) is 3. The first kappa shape index (κ1) is 16.8. The van der Waals surface area contributed by atoms with Crippen molar-refractivity contribution in [3.8, 4) is 6.07 Å². The molecule has 0 saturated carbocycles. The van der Waals surface area contributed by atoms with Crippen LogP contribution >= 0.6 is 0 Å². The number of aryl methyl sites for hydroxylation is 1. The van der Waals surface area contributed by atoms with Crippen molar-refractivity contribution in [3.63, 3.8) is 0 Å². The summed E-state index contributed by atoms with van der Waals surface area (Å²) in [4.78, 5) is 16.2. The third-order valence-electron chi connectivity index (χ3n) is 4.37. The summed E-state index contributed by atoms with van der Waals surface area (Å²) in [6, 6.07) is 13.8. The number of anilines is 2. The molecular weight excluding hydrogens is 319 g/mol. The molecular formula is C19H19FN4O. The van der Waals surface area contributed by atoms with Crippen LogP contribution in [0.3, 0.4) is 0 Å². The van der Waals surface area contributed by atoms with Gasteiger partial charge in [0.2, 0.25) is 0 Å². The lowest BCUT2D eigenvalue weighted by atomic mass is 10.1. The van der Waals surface area contributed by atoms with Gasteiger partial charge in [-0.05, 0) is 36.8 Å². The first-order valence-electron chi connectivity index (χ1n) is 8.14. The van der Waals surface area contributed by atoms with Gasteiger partial charge in [-0.15, -0.1) is 0 Å². The summed E-state index contributed by atoms with van der Waals surface area (Å²) >= 11 is 0. The average Bonchev–Trinajstić information content (AvgIpc) is 2.64. The number of halogens is 1. The molecule has 2 aromatic carbocycles. The minimum Gasteiger partial charge on any atom is -0.367 e. The molecule has 25 heavy (non-hydrogen) atoms. The van der Waals surface area contributed by atoms with E-state index in [1.54, 1.807) is 17.0 Å². The summed E-state index contributed by atoms with van der Waals surface area (Å²) in [7, 11) is 0. The second kappa shape index (κ2) is 7.22. The van der Waals surface area contributed by atoms with Gasteiger partial charge in [-0.25, -0.2) is 9.18 Å². The molecule has 1 aliphatic heterocycles. The van der Waals surface area contributed by atoms with Crippen LogP contribution in [0.5, 0.6) is 0 Å². The first-order valence-corrected chi connectivity index (χ1v) is 8.14. The maximum Gasteiger partial charge on any atom is 0.321 e. The van der Waals surface area contributed by atoms with E-state index >= 15 is 0 Å². The van der Waals surface area contributed by atoms with Crippen molar-refractivity contribution in [3.05, 3.63) is 59.4 Å². The summed E-state index contributed by atoms with van der Waals surface area (Å²) in [6.07, 6.45) is 0. The number of carbonyl (C=O) groups excluding carboxylic acids is 1. The fourth-order valence-corrected chi connectivity index (χ4v) is 2.92. The fourth-order valence-electron chi connectivity index (χ4n) is 2.92. The topological polar surface area (TPSA) is 59.4 Å². The molecule has 5 nitrogen and oxygen atoms in total. The van der Waals surface area contributed by atoms with Crippen LogP contribution in [0.4, 0.5) is 20.6 Å². The Bertz CT molecular complexity index is 822. The number of amides is 2. The lowest BCUT2D eigenvalue weighted by Gasteiger charge is -2.36. The van der Waals surface area contributed by atoms with E-state index in [0.29, 0.717) is 37.4 Å². The molecule has 3 rings (SSSR count). The van der Waals surface area contributed by atoms with Crippen molar-refractivity contribution >= 4 is 17.4 Å². The van der Waals surface area contributed by atoms with Gasteiger partial charge in [0.1, 0.15) is 11.9 Å². The van der Waals surface area contributed by atoms with Crippen LogP contribution in [-0.2, 0) is 0 Å². The molecule has 1 fully saturated rings. The number of nitriles is 1. The second-order valence-corrected chi connectivity index (χ2v) is 5.99. The molecule has 0 unspecified atom stereocenters. The molecule has 0 aromatic heterocycles. The SMILES string of the molecule is Cc1ccc(F)cc1NC(=O)N1CCN(c2ccccc2C#N)CC1. The van der Waals surface area contributed by atoms with E-state index in [9.17, 15) is 14.4 Å². The Kier molecular flexibility index (Phi) is 4.85. The lowest BCUT2D eigenvalue weighted by molar-refractivity contribution is 0.208. The van der Waals surface area contributed by atoms with Gasteiger partial charge in [-0.2, -0.15) is 5.26 Å². The minimum absolute atomic E-state index is 0.234. The van der Waals surface area contributed by atoms with Crippen molar-refractivity contribution in [2.24, 2.45) is 0 Å². The Hall–Kier alpha value is -3.07. The molecule has 0 bridgehead atoms. The molecule has 2 aromatic rings. The van der Waals surface area contributed by atoms with E-state index in [0.717, 1.165) is 11.3 Å². The number of para-hydroxylation sites is 1. The Labute approximate surface area is 146 Å². The predicted molar refractivity (Wildman–Crippen MR) is 95.1 cm³/mol. The average molecular weight is 338 g/mol. The molecule has 1 heterocycles. The van der Waals surface area contributed by atoms with Crippen LogP contribution < -0.4 is 10.2 Å². The van der Waals surface area contributed by atoms with Gasteiger partial charge in [0, 0.05) is 31.9 Å². The Morgan fingerprint density at radius 1 is 1.16 bits per heavy atom. The molecule has 6 heteroatoms. The van der Waals surface area contributed by atoms with Gasteiger partial charge in [-0.1, -0.05) is 18.2 Å². The van der Waals surface area contributed by atoms with E-state index in [4.69, 9.17) is 0 Å². The summed E-state index contributed by atoms with van der Waals surface area (Å²) in [6.45, 7) is 4.20. The second-order valence-electron chi connectivity index (χ2n) is 5.99. The minimum atomic E-state index is -0.376. The number of rotatable bonds is 2. The van der Waals surface area contributed by atoms with Crippen LogP contribution in [0.15, 0.2) is 42.5 Å². The highest BCUT2D eigenvalue weighted by Crippen LogP contribution is 2.22. The monoisotopic (exact) mass is 338 g/mol. The molecule has 0 aliphatic carbocycles. The van der Waals surface area contributed by atoms with Gasteiger partial charge in [0.15, 0.2) is 0 Å². The van der Waals surface area contributed by atoms with Crippen LogP contribution in [0.2, 0.25) is 0 Å². The maximum absolute atomic E-state index is 13.4. The quantitative estimate of drug-likeness (QED) is 0.913. The van der Waals surface area contributed by atoms with E-state index < -0.39 is 0 Å². The van der Waals surface area contributed by atoms with Crippen LogP contribution in [-0.4, -0.2) is 37.1 Å². The third-order valence-corrected chi connectivity index (χ3v) is 4.37. The predicted octanol–water partition coefficient (Wildman–Crippen LogP) is 3.36. The summed E-state index contributed by atoms with van der Waals surface area (Å²) in [5.41, 5.74) is 2.83. The highest BCUT2D eigenvalue weighted by molar-refractivity contribution is 5.90. The highest BCUT2D eigenvalue weighted by Gasteiger charge is 2.23. The Morgan fingerprint density at radius 2 is 1.88 bits per heavy atom. The molecule has 1 N–H and O–H groups in total. The van der Waals surface area contributed by atoms with E-state index in [1.165, 1.54) is 12.1 Å². The third kappa shape index (κ3) is 3.72. The molecule has 1 saturated heterocycles. The van der Waals surface area contributed by atoms with Crippen molar-refractivity contribution in [2.45, 2.75) is 6.92 Å². The zero-order valence-electron chi connectivity index (χ0n) is 14.0. The summed E-state index contributed by atoms with van der Waals surface area (Å²) in [5.74, 6) is -0.376. The van der Waals surface area contributed by atoms with Crippen molar-refractivity contribution in [1.82, 2.24) is 4.90 Å². The van der Waals surface area contributed by atoms with Gasteiger partial charge in [0.05, 0.1) is 11.3 Å². The van der Waals surface area contributed by atoms with E-state index in [1.807, 2.05) is 25.1 Å². The first-order chi connectivity index (χ1) is 12.1. The van der Waals surface area contributed by atoms with Crippen LogP contribution in [0, 0.1) is 24.1 Å². The molecule has 1 aliphatic rings. The molecule has 0 atom stereocenters. The van der Waals surface area contributed by atoms with E-state index in [2.05, 4.69) is 16.3 Å². The molecule has 2 amide bonds. The molecule has 0 spiro atoms. The number of benzene rings is 2. The van der Waals surface area contributed by atoms with Crippen LogP contribution in [0.25, 0.3) is 0 Å². The number of carbonyl (C=O) groups is 1. The van der Waals surface area contributed by atoms with Gasteiger partial charge >= 0.3 is 6.03 Å². The van der Waals surface area contributed by atoms with Gasteiger partial charge in [-0.3, -0.25) is 0 Å². The number of hydrogen-bond acceptors (Lipinski definition) is 3. The van der Waals surface area contributed by atoms with Crippen molar-refractivity contribution in [1.29, 1.82) is 5.26 Å². The zero-order valence-corrected chi connectivity index (χ0v) is 14.0. The normalized spacial score (nSPS) is 14.1. The van der Waals surface area contributed by atoms with Crippen LogP contribution in [0.1, 0.15) is 11.1 Å². The number of urea groups is 1. The van der Waals surface area contributed by atoms with E-state index in [-0.39, 0.29) is 11.8 Å². The van der Waals surface area contributed by atoms with Crippen molar-refractivity contribution in [2.75, 3.05) is 36.4 Å². The zero-order chi connectivity index (χ0) is 17.8. The summed E-state index contributed by atoms with van der Waals surface area (Å²) in [5, 5.41) is 12.0. The number of piperazine rings is 1. The number of nitrogens with one attached hydrogen (secondary N) is 1. The molecule has 0 radical (unpaired) electrons. The number of hydrogen-bond donors (Lipinski definition) is 1. The largest absolute Gasteiger partial charge is 0.367 e.